The molecule has 1 N–H and O–H groups in total. The van der Waals surface area contributed by atoms with Gasteiger partial charge in [0.1, 0.15) is 0 Å². The van der Waals surface area contributed by atoms with Gasteiger partial charge in [-0.2, -0.15) is 26.3 Å². The molecule has 4 nitrogen and oxygen atoms in total. The lowest BCUT2D eigenvalue weighted by Crippen LogP contribution is -2.54. The predicted octanol–water partition coefficient (Wildman–Crippen LogP) is 2.23. The van der Waals surface area contributed by atoms with Crippen LogP contribution in [0.5, 0.6) is 0 Å². The first-order valence-electron chi connectivity index (χ1n) is 6.51. The van der Waals surface area contributed by atoms with Crippen molar-refractivity contribution in [1.82, 2.24) is 4.72 Å². The highest BCUT2D eigenvalue weighted by Gasteiger charge is 2.72. The Morgan fingerprint density at radius 2 is 1.35 bits per heavy atom. The molecular formula is C11H20F7N2O2S+. The molecule has 23 heavy (non-hydrogen) atoms. The number of nitrogens with one attached hydrogen (secondary N) is 1. The standard InChI is InChI=1S/C11H20F7N2O2S/c1-20(2,3)7-4-6-19-23(21,22)8-5-9(12,10(13,14)15)11(16,17)18/h19H,4-8H2,1-3H3/q+1. The molecule has 0 aromatic heterocycles. The maximum absolute atomic E-state index is 13.3. The van der Waals surface area contributed by atoms with Crippen LogP contribution in [0.3, 0.4) is 0 Å². The van der Waals surface area contributed by atoms with Crippen LogP contribution < -0.4 is 4.72 Å². The van der Waals surface area contributed by atoms with E-state index in [1.54, 1.807) is 0 Å². The average Bonchev–Trinajstić information content (AvgIpc) is 2.28. The van der Waals surface area contributed by atoms with Crippen LogP contribution in [-0.2, 0) is 10.0 Å². The third-order valence-electron chi connectivity index (χ3n) is 2.94. The SMILES string of the molecule is C[N+](C)(C)CCCNS(=O)(=O)CCC(F)(C(F)(F)F)C(F)(F)F. The second-order valence-electron chi connectivity index (χ2n) is 6.13. The number of halogens is 7. The van der Waals surface area contributed by atoms with Crippen LogP contribution in [0.15, 0.2) is 0 Å². The van der Waals surface area contributed by atoms with Crippen LogP contribution in [0, 0.1) is 0 Å². The Hall–Kier alpha value is -0.620. The lowest BCUT2D eigenvalue weighted by Gasteiger charge is -2.29. The van der Waals surface area contributed by atoms with Crippen molar-refractivity contribution in [3.8, 4) is 0 Å². The summed E-state index contributed by atoms with van der Waals surface area (Å²) in [6.45, 7) is 0.371. The van der Waals surface area contributed by atoms with Crippen LogP contribution in [0.4, 0.5) is 30.7 Å². The van der Waals surface area contributed by atoms with Gasteiger partial charge in [0.25, 0.3) is 5.67 Å². The number of alkyl halides is 7. The van der Waals surface area contributed by atoms with E-state index < -0.39 is 40.2 Å². The van der Waals surface area contributed by atoms with Crippen LogP contribution in [0.25, 0.3) is 0 Å². The third-order valence-corrected chi connectivity index (χ3v) is 4.33. The Morgan fingerprint density at radius 1 is 0.913 bits per heavy atom. The van der Waals surface area contributed by atoms with Gasteiger partial charge in [0, 0.05) is 19.4 Å². The molecule has 0 saturated heterocycles. The number of nitrogens with zero attached hydrogens (tertiary/aromatic N) is 1. The van der Waals surface area contributed by atoms with Crippen molar-refractivity contribution in [2.24, 2.45) is 0 Å². The molecule has 0 aliphatic heterocycles. The van der Waals surface area contributed by atoms with E-state index in [1.165, 1.54) is 0 Å². The smallest absolute Gasteiger partial charge is 0.331 e. The fourth-order valence-corrected chi connectivity index (χ4v) is 2.72. The highest BCUT2D eigenvalue weighted by Crippen LogP contribution is 2.48. The van der Waals surface area contributed by atoms with Gasteiger partial charge < -0.3 is 4.48 Å². The lowest BCUT2D eigenvalue weighted by atomic mass is 10.0. The van der Waals surface area contributed by atoms with Gasteiger partial charge in [0.05, 0.1) is 33.4 Å². The van der Waals surface area contributed by atoms with Gasteiger partial charge in [-0.3, -0.25) is 0 Å². The maximum Gasteiger partial charge on any atom is 0.431 e. The van der Waals surface area contributed by atoms with Gasteiger partial charge in [0.15, 0.2) is 0 Å². The Balaban J connectivity index is 4.73. The number of quaternary nitrogens is 1. The summed E-state index contributed by atoms with van der Waals surface area (Å²) in [6, 6.07) is 0. The number of sulfonamides is 1. The molecule has 0 aromatic rings. The summed E-state index contributed by atoms with van der Waals surface area (Å²) in [7, 11) is 1.00. The minimum absolute atomic E-state index is 0.158. The molecule has 140 valence electrons. The summed E-state index contributed by atoms with van der Waals surface area (Å²) in [5.74, 6) is -1.62. The quantitative estimate of drug-likeness (QED) is 0.401. The van der Waals surface area contributed by atoms with Crippen LogP contribution in [0.2, 0.25) is 0 Å². The second-order valence-corrected chi connectivity index (χ2v) is 8.05. The molecule has 0 rings (SSSR count). The first-order valence-corrected chi connectivity index (χ1v) is 8.17. The van der Waals surface area contributed by atoms with Gasteiger partial charge >= 0.3 is 12.4 Å². The average molecular weight is 377 g/mol. The topological polar surface area (TPSA) is 46.2 Å². The Kier molecular flexibility index (Phi) is 6.90. The normalized spacial score (nSPS) is 15.0. The second kappa shape index (κ2) is 7.09. The highest BCUT2D eigenvalue weighted by atomic mass is 32.2. The molecule has 0 aromatic carbocycles. The summed E-state index contributed by atoms with van der Waals surface area (Å²) < 4.78 is 112. The molecule has 0 spiro atoms. The molecule has 0 heterocycles. The zero-order chi connectivity index (χ0) is 18.7. The highest BCUT2D eigenvalue weighted by molar-refractivity contribution is 7.89. The summed E-state index contributed by atoms with van der Waals surface area (Å²) in [6.07, 6.45) is -14.4. The third kappa shape index (κ3) is 7.21. The lowest BCUT2D eigenvalue weighted by molar-refractivity contribution is -0.870. The summed E-state index contributed by atoms with van der Waals surface area (Å²) in [4.78, 5) is 0. The Labute approximate surface area is 130 Å². The molecule has 0 aliphatic rings. The van der Waals surface area contributed by atoms with Gasteiger partial charge in [-0.05, 0) is 0 Å². The molecule has 0 saturated carbocycles. The van der Waals surface area contributed by atoms with Crippen molar-refractivity contribution in [2.45, 2.75) is 30.9 Å². The minimum atomic E-state index is -6.25. The van der Waals surface area contributed by atoms with E-state index in [0.29, 0.717) is 17.4 Å². The summed E-state index contributed by atoms with van der Waals surface area (Å²) in [5.41, 5.74) is -5.56. The number of rotatable bonds is 8. The molecule has 0 aliphatic carbocycles. The van der Waals surface area contributed by atoms with Gasteiger partial charge in [-0.25, -0.2) is 17.5 Å². The van der Waals surface area contributed by atoms with Gasteiger partial charge in [-0.1, -0.05) is 0 Å². The Bertz CT molecular complexity index is 466. The zero-order valence-electron chi connectivity index (χ0n) is 12.9. The van der Waals surface area contributed by atoms with Crippen molar-refractivity contribution < 1.29 is 43.6 Å². The van der Waals surface area contributed by atoms with E-state index in [0.717, 1.165) is 0 Å². The van der Waals surface area contributed by atoms with Crippen LogP contribution in [-0.4, -0.2) is 70.9 Å². The van der Waals surface area contributed by atoms with Crippen LogP contribution in [0.1, 0.15) is 12.8 Å². The van der Waals surface area contributed by atoms with E-state index in [4.69, 9.17) is 0 Å². The predicted molar refractivity (Wildman–Crippen MR) is 69.9 cm³/mol. The summed E-state index contributed by atoms with van der Waals surface area (Å²) in [5, 5.41) is 0. The molecule has 12 heteroatoms. The zero-order valence-corrected chi connectivity index (χ0v) is 13.7. The minimum Gasteiger partial charge on any atom is -0.331 e. The fourth-order valence-electron chi connectivity index (χ4n) is 1.57. The first kappa shape index (κ1) is 22.4. The van der Waals surface area contributed by atoms with E-state index >= 15 is 0 Å². The van der Waals surface area contributed by atoms with Crippen LogP contribution >= 0.6 is 0 Å². The monoisotopic (exact) mass is 377 g/mol. The largest absolute Gasteiger partial charge is 0.431 e. The summed E-state index contributed by atoms with van der Waals surface area (Å²) >= 11 is 0. The number of hydrogen-bond acceptors (Lipinski definition) is 2. The van der Waals surface area contributed by atoms with Crippen molar-refractivity contribution in [1.29, 1.82) is 0 Å². The van der Waals surface area contributed by atoms with Gasteiger partial charge in [-0.15, -0.1) is 0 Å². The van der Waals surface area contributed by atoms with Crippen molar-refractivity contribution in [3.05, 3.63) is 0 Å². The van der Waals surface area contributed by atoms with E-state index in [-0.39, 0.29) is 6.54 Å². The van der Waals surface area contributed by atoms with E-state index in [2.05, 4.69) is 0 Å². The fraction of sp³-hybridized carbons (Fsp3) is 1.00. The number of hydrogen-bond donors (Lipinski definition) is 1. The molecule has 0 amide bonds. The van der Waals surface area contributed by atoms with Crippen molar-refractivity contribution in [2.75, 3.05) is 40.0 Å². The van der Waals surface area contributed by atoms with Crippen molar-refractivity contribution in [3.63, 3.8) is 0 Å². The molecule has 0 fully saturated rings. The molecular weight excluding hydrogens is 357 g/mol. The Morgan fingerprint density at radius 3 is 1.70 bits per heavy atom. The van der Waals surface area contributed by atoms with Crippen molar-refractivity contribution >= 4 is 10.0 Å². The van der Waals surface area contributed by atoms with Gasteiger partial charge in [0.2, 0.25) is 10.0 Å². The van der Waals surface area contributed by atoms with E-state index in [9.17, 15) is 39.2 Å². The molecule has 0 atom stereocenters. The molecule has 0 unspecified atom stereocenters. The first-order chi connectivity index (χ1) is 9.91. The van der Waals surface area contributed by atoms with E-state index in [1.807, 2.05) is 25.9 Å². The maximum atomic E-state index is 13.3. The molecule has 0 bridgehead atoms. The molecule has 0 radical (unpaired) electrons.